The molecule has 1 N–H and O–H groups in total. The highest BCUT2D eigenvalue weighted by Crippen LogP contribution is 2.33. The molecule has 0 fully saturated rings. The van der Waals surface area contributed by atoms with Crippen LogP contribution in [0.2, 0.25) is 15.1 Å². The van der Waals surface area contributed by atoms with Gasteiger partial charge in [-0.15, -0.1) is 0 Å². The lowest BCUT2D eigenvalue weighted by atomic mass is 10.1. The number of halogens is 3. The molecule has 0 bridgehead atoms. The SMILES string of the molecule is O=C(COc1cc(Cl)c(Cl)cc1Cl)NCCc1ccc(-n2cccn2)cc1. The van der Waals surface area contributed by atoms with Crippen molar-refractivity contribution in [3.8, 4) is 11.4 Å². The lowest BCUT2D eigenvalue weighted by Crippen LogP contribution is -2.30. The molecule has 3 aromatic rings. The molecule has 0 aliphatic rings. The molecule has 0 saturated heterocycles. The van der Waals surface area contributed by atoms with Crippen LogP contribution in [0.4, 0.5) is 0 Å². The van der Waals surface area contributed by atoms with Crippen LogP contribution in [-0.2, 0) is 11.2 Å². The predicted octanol–water partition coefficient (Wildman–Crippen LogP) is 4.57. The first kappa shape index (κ1) is 19.5. The molecule has 5 nitrogen and oxygen atoms in total. The lowest BCUT2D eigenvalue weighted by Gasteiger charge is -2.10. The maximum atomic E-state index is 11.9. The Kier molecular flexibility index (Phi) is 6.61. The van der Waals surface area contributed by atoms with E-state index in [9.17, 15) is 4.79 Å². The fraction of sp³-hybridized carbons (Fsp3) is 0.158. The van der Waals surface area contributed by atoms with Crippen molar-refractivity contribution in [3.63, 3.8) is 0 Å². The van der Waals surface area contributed by atoms with E-state index < -0.39 is 0 Å². The van der Waals surface area contributed by atoms with Gasteiger partial charge in [0, 0.05) is 25.0 Å². The van der Waals surface area contributed by atoms with E-state index in [1.165, 1.54) is 12.1 Å². The van der Waals surface area contributed by atoms with Gasteiger partial charge in [-0.3, -0.25) is 4.79 Å². The summed E-state index contributed by atoms with van der Waals surface area (Å²) in [7, 11) is 0. The van der Waals surface area contributed by atoms with E-state index in [4.69, 9.17) is 39.5 Å². The molecule has 1 heterocycles. The molecule has 0 spiro atoms. The first-order chi connectivity index (χ1) is 13.0. The van der Waals surface area contributed by atoms with Crippen molar-refractivity contribution in [1.82, 2.24) is 15.1 Å². The summed E-state index contributed by atoms with van der Waals surface area (Å²) in [6.07, 6.45) is 4.32. The molecule has 0 atom stereocenters. The van der Waals surface area contributed by atoms with Crippen molar-refractivity contribution in [2.24, 2.45) is 0 Å². The molecule has 1 aromatic heterocycles. The summed E-state index contributed by atoms with van der Waals surface area (Å²) in [6, 6.07) is 12.8. The van der Waals surface area contributed by atoms with Crippen LogP contribution in [0.5, 0.6) is 5.75 Å². The largest absolute Gasteiger partial charge is 0.482 e. The molecule has 0 radical (unpaired) electrons. The maximum Gasteiger partial charge on any atom is 0.257 e. The van der Waals surface area contributed by atoms with Crippen LogP contribution in [0, 0.1) is 0 Å². The average molecular weight is 425 g/mol. The van der Waals surface area contributed by atoms with Gasteiger partial charge in [0.05, 0.1) is 20.8 Å². The highest BCUT2D eigenvalue weighted by Gasteiger charge is 2.09. The summed E-state index contributed by atoms with van der Waals surface area (Å²) in [5.41, 5.74) is 2.10. The van der Waals surface area contributed by atoms with Crippen molar-refractivity contribution < 1.29 is 9.53 Å². The number of hydrogen-bond donors (Lipinski definition) is 1. The van der Waals surface area contributed by atoms with Crippen molar-refractivity contribution in [1.29, 1.82) is 0 Å². The van der Waals surface area contributed by atoms with Gasteiger partial charge in [-0.2, -0.15) is 5.10 Å². The van der Waals surface area contributed by atoms with E-state index in [2.05, 4.69) is 10.4 Å². The second kappa shape index (κ2) is 9.13. The number of carbonyl (C=O) groups excluding carboxylic acids is 1. The van der Waals surface area contributed by atoms with Gasteiger partial charge >= 0.3 is 0 Å². The number of aromatic nitrogens is 2. The Balaban J connectivity index is 1.44. The van der Waals surface area contributed by atoms with Gasteiger partial charge < -0.3 is 10.1 Å². The first-order valence-corrected chi connectivity index (χ1v) is 9.29. The second-order valence-corrected chi connectivity index (χ2v) is 6.92. The average Bonchev–Trinajstić information content (AvgIpc) is 3.19. The zero-order valence-corrected chi connectivity index (χ0v) is 16.4. The number of rotatable bonds is 7. The molecule has 27 heavy (non-hydrogen) atoms. The minimum absolute atomic E-state index is 0.157. The lowest BCUT2D eigenvalue weighted by molar-refractivity contribution is -0.123. The first-order valence-electron chi connectivity index (χ1n) is 8.16. The van der Waals surface area contributed by atoms with Crippen LogP contribution in [0.15, 0.2) is 54.9 Å². The maximum absolute atomic E-state index is 11.9. The van der Waals surface area contributed by atoms with Crippen LogP contribution in [0.1, 0.15) is 5.56 Å². The van der Waals surface area contributed by atoms with Crippen molar-refractivity contribution >= 4 is 40.7 Å². The Hall–Kier alpha value is -2.21. The van der Waals surface area contributed by atoms with Gasteiger partial charge in [0.1, 0.15) is 5.75 Å². The third-order valence-corrected chi connectivity index (χ3v) is 4.79. The molecule has 1 amide bonds. The number of carbonyl (C=O) groups is 1. The highest BCUT2D eigenvalue weighted by molar-refractivity contribution is 6.43. The molecule has 0 aliphatic carbocycles. The van der Waals surface area contributed by atoms with E-state index in [0.29, 0.717) is 33.8 Å². The summed E-state index contributed by atoms with van der Waals surface area (Å²) >= 11 is 17.8. The van der Waals surface area contributed by atoms with E-state index in [1.54, 1.807) is 10.9 Å². The Morgan fingerprint density at radius 1 is 1.07 bits per heavy atom. The number of benzene rings is 2. The third kappa shape index (κ3) is 5.39. The van der Waals surface area contributed by atoms with E-state index in [1.807, 2.05) is 36.5 Å². The topological polar surface area (TPSA) is 56.1 Å². The van der Waals surface area contributed by atoms with E-state index in [-0.39, 0.29) is 12.5 Å². The minimum atomic E-state index is -0.245. The Bertz CT molecular complexity index is 913. The molecule has 3 rings (SSSR count). The Morgan fingerprint density at radius 3 is 2.52 bits per heavy atom. The van der Waals surface area contributed by atoms with Gasteiger partial charge in [0.2, 0.25) is 0 Å². The molecular weight excluding hydrogens is 409 g/mol. The van der Waals surface area contributed by atoms with Crippen LogP contribution < -0.4 is 10.1 Å². The van der Waals surface area contributed by atoms with Crippen molar-refractivity contribution in [3.05, 3.63) is 75.5 Å². The van der Waals surface area contributed by atoms with Crippen LogP contribution in [-0.4, -0.2) is 28.8 Å². The quantitative estimate of drug-likeness (QED) is 0.565. The van der Waals surface area contributed by atoms with Gasteiger partial charge in [-0.25, -0.2) is 4.68 Å². The fourth-order valence-corrected chi connectivity index (χ4v) is 2.98. The van der Waals surface area contributed by atoms with Crippen molar-refractivity contribution in [2.75, 3.05) is 13.2 Å². The molecule has 0 saturated carbocycles. The second-order valence-electron chi connectivity index (χ2n) is 5.70. The van der Waals surface area contributed by atoms with Gasteiger partial charge in [0.25, 0.3) is 5.91 Å². The zero-order chi connectivity index (χ0) is 19.2. The molecule has 0 aliphatic heterocycles. The number of ether oxygens (including phenoxy) is 1. The smallest absolute Gasteiger partial charge is 0.257 e. The van der Waals surface area contributed by atoms with E-state index in [0.717, 1.165) is 11.3 Å². The monoisotopic (exact) mass is 423 g/mol. The summed E-state index contributed by atoms with van der Waals surface area (Å²) in [5, 5.41) is 7.94. The van der Waals surface area contributed by atoms with Gasteiger partial charge in [-0.1, -0.05) is 46.9 Å². The predicted molar refractivity (Wildman–Crippen MR) is 107 cm³/mol. The Morgan fingerprint density at radius 2 is 1.81 bits per heavy atom. The Labute approximate surface area is 171 Å². The van der Waals surface area contributed by atoms with Crippen molar-refractivity contribution in [2.45, 2.75) is 6.42 Å². The summed E-state index contributed by atoms with van der Waals surface area (Å²) in [5.74, 6) is 0.0701. The summed E-state index contributed by atoms with van der Waals surface area (Å²) in [4.78, 5) is 11.9. The number of nitrogens with one attached hydrogen (secondary N) is 1. The fourth-order valence-electron chi connectivity index (χ4n) is 2.39. The van der Waals surface area contributed by atoms with Crippen LogP contribution >= 0.6 is 34.8 Å². The zero-order valence-electron chi connectivity index (χ0n) is 14.2. The number of amides is 1. The van der Waals surface area contributed by atoms with Crippen LogP contribution in [0.25, 0.3) is 5.69 Å². The molecule has 140 valence electrons. The molecule has 8 heteroatoms. The molecule has 2 aromatic carbocycles. The third-order valence-electron chi connectivity index (χ3n) is 3.77. The minimum Gasteiger partial charge on any atom is -0.482 e. The molecular formula is C19H16Cl3N3O2. The number of nitrogens with zero attached hydrogens (tertiary/aromatic N) is 2. The summed E-state index contributed by atoms with van der Waals surface area (Å²) < 4.78 is 7.19. The van der Waals surface area contributed by atoms with Crippen LogP contribution in [0.3, 0.4) is 0 Å². The highest BCUT2D eigenvalue weighted by atomic mass is 35.5. The molecule has 0 unspecified atom stereocenters. The standard InChI is InChI=1S/C19H16Cl3N3O2/c20-15-10-17(22)18(11-16(15)21)27-12-19(26)23-8-6-13-2-4-14(5-3-13)25-9-1-7-24-25/h1-5,7,9-11H,6,8,12H2,(H,23,26). The normalized spacial score (nSPS) is 10.6. The van der Waals surface area contributed by atoms with Gasteiger partial charge in [-0.05, 0) is 36.2 Å². The number of hydrogen-bond acceptors (Lipinski definition) is 3. The van der Waals surface area contributed by atoms with E-state index >= 15 is 0 Å². The summed E-state index contributed by atoms with van der Waals surface area (Å²) in [6.45, 7) is 0.342. The van der Waals surface area contributed by atoms with Gasteiger partial charge in [0.15, 0.2) is 6.61 Å².